The number of aliphatic hydroxyl groups is 1. The lowest BCUT2D eigenvalue weighted by Gasteiger charge is -2.26. The molecular formula is C29H24N2O6. The minimum absolute atomic E-state index is 0.0328. The van der Waals surface area contributed by atoms with E-state index in [0.29, 0.717) is 34.1 Å². The average molecular weight is 497 g/mol. The minimum atomic E-state index is -0.920. The Bertz CT molecular complexity index is 1500. The fourth-order valence-corrected chi connectivity index (χ4v) is 4.48. The molecule has 1 amide bonds. The second-order valence-electron chi connectivity index (χ2n) is 8.52. The van der Waals surface area contributed by atoms with Gasteiger partial charge in [0.2, 0.25) is 0 Å². The molecule has 1 saturated heterocycles. The number of aliphatic hydroxyl groups excluding tert-OH is 1. The van der Waals surface area contributed by atoms with Crippen LogP contribution in [0.4, 0.5) is 5.69 Å². The van der Waals surface area contributed by atoms with Gasteiger partial charge in [-0.1, -0.05) is 23.4 Å². The number of rotatable bonds is 6. The van der Waals surface area contributed by atoms with E-state index in [9.17, 15) is 14.7 Å². The highest BCUT2D eigenvalue weighted by atomic mass is 16.5. The van der Waals surface area contributed by atoms with Crippen LogP contribution in [0, 0.1) is 6.92 Å². The summed E-state index contributed by atoms with van der Waals surface area (Å²) in [4.78, 5) is 28.2. The highest BCUT2D eigenvalue weighted by molar-refractivity contribution is 6.51. The van der Waals surface area contributed by atoms with E-state index in [-0.39, 0.29) is 11.3 Å². The molecule has 0 aliphatic carbocycles. The SMILES string of the molecule is COc1ccc(/C(O)=C2/C(=O)C(=O)N(c3ccc(-c4cc(C)no4)cc3)C2c2ccccc2OC)cc1. The molecule has 4 aromatic rings. The van der Waals surface area contributed by atoms with Gasteiger partial charge in [0.15, 0.2) is 5.76 Å². The fourth-order valence-electron chi connectivity index (χ4n) is 4.48. The number of nitrogens with zero attached hydrogens (tertiary/aromatic N) is 2. The van der Waals surface area contributed by atoms with Crippen molar-refractivity contribution in [3.05, 3.63) is 101 Å². The highest BCUT2D eigenvalue weighted by Gasteiger charge is 2.47. The smallest absolute Gasteiger partial charge is 0.300 e. The number of hydrogen-bond donors (Lipinski definition) is 1. The maximum absolute atomic E-state index is 13.4. The van der Waals surface area contributed by atoms with E-state index in [1.165, 1.54) is 19.1 Å². The van der Waals surface area contributed by atoms with E-state index in [0.717, 1.165) is 11.3 Å². The number of amides is 1. The molecule has 37 heavy (non-hydrogen) atoms. The lowest BCUT2D eigenvalue weighted by atomic mass is 9.94. The van der Waals surface area contributed by atoms with E-state index < -0.39 is 17.7 Å². The van der Waals surface area contributed by atoms with E-state index in [1.54, 1.807) is 72.8 Å². The van der Waals surface area contributed by atoms with Crippen molar-refractivity contribution in [1.82, 2.24) is 5.16 Å². The predicted octanol–water partition coefficient (Wildman–Crippen LogP) is 5.29. The number of benzene rings is 3. The second-order valence-corrected chi connectivity index (χ2v) is 8.52. The van der Waals surface area contributed by atoms with Crippen molar-refractivity contribution < 1.29 is 28.7 Å². The molecule has 3 aromatic carbocycles. The summed E-state index contributed by atoms with van der Waals surface area (Å²) in [5.41, 5.74) is 2.91. The zero-order valence-electron chi connectivity index (χ0n) is 20.5. The minimum Gasteiger partial charge on any atom is -0.507 e. The number of anilines is 1. The zero-order chi connectivity index (χ0) is 26.1. The van der Waals surface area contributed by atoms with E-state index in [2.05, 4.69) is 5.16 Å². The summed E-state index contributed by atoms with van der Waals surface area (Å²) in [6.07, 6.45) is 0. The third-order valence-electron chi connectivity index (χ3n) is 6.30. The Kier molecular flexibility index (Phi) is 6.23. The molecule has 1 fully saturated rings. The number of para-hydroxylation sites is 1. The largest absolute Gasteiger partial charge is 0.507 e. The summed E-state index contributed by atoms with van der Waals surface area (Å²) in [6.45, 7) is 1.83. The van der Waals surface area contributed by atoms with Crippen molar-refractivity contribution in [3.63, 3.8) is 0 Å². The molecule has 5 rings (SSSR count). The monoisotopic (exact) mass is 496 g/mol. The number of Topliss-reactive ketones (excluding diaryl/α,β-unsaturated/α-hetero) is 1. The summed E-state index contributed by atoms with van der Waals surface area (Å²) < 4.78 is 16.1. The number of ketones is 1. The van der Waals surface area contributed by atoms with E-state index in [4.69, 9.17) is 14.0 Å². The van der Waals surface area contributed by atoms with Gasteiger partial charge in [0.05, 0.1) is 31.5 Å². The number of methoxy groups -OCH3 is 2. The van der Waals surface area contributed by atoms with Crippen LogP contribution in [0.5, 0.6) is 11.5 Å². The highest BCUT2D eigenvalue weighted by Crippen LogP contribution is 2.45. The number of aryl methyl sites for hydroxylation is 1. The van der Waals surface area contributed by atoms with Crippen LogP contribution < -0.4 is 14.4 Å². The Balaban J connectivity index is 1.66. The zero-order valence-corrected chi connectivity index (χ0v) is 20.5. The molecular weight excluding hydrogens is 472 g/mol. The Hall–Kier alpha value is -4.85. The van der Waals surface area contributed by atoms with Crippen molar-refractivity contribution in [2.75, 3.05) is 19.1 Å². The van der Waals surface area contributed by atoms with Gasteiger partial charge in [0, 0.05) is 28.4 Å². The van der Waals surface area contributed by atoms with Crippen molar-refractivity contribution in [2.45, 2.75) is 13.0 Å². The van der Waals surface area contributed by atoms with Crippen LogP contribution >= 0.6 is 0 Å². The summed E-state index contributed by atoms with van der Waals surface area (Å²) in [5.74, 6) is -0.164. The van der Waals surface area contributed by atoms with Crippen LogP contribution in [0.15, 0.2) is 89.0 Å². The van der Waals surface area contributed by atoms with Crippen LogP contribution in [-0.2, 0) is 9.59 Å². The van der Waals surface area contributed by atoms with Crippen LogP contribution in [-0.4, -0.2) is 36.2 Å². The van der Waals surface area contributed by atoms with Gasteiger partial charge >= 0.3 is 0 Å². The summed E-state index contributed by atoms with van der Waals surface area (Å²) in [5, 5.41) is 15.2. The molecule has 8 heteroatoms. The Morgan fingerprint density at radius 1 is 0.946 bits per heavy atom. The van der Waals surface area contributed by atoms with Gasteiger partial charge in [-0.05, 0) is 61.5 Å². The Morgan fingerprint density at radius 2 is 1.65 bits per heavy atom. The van der Waals surface area contributed by atoms with Crippen LogP contribution in [0.3, 0.4) is 0 Å². The van der Waals surface area contributed by atoms with Gasteiger partial charge in [0.25, 0.3) is 11.7 Å². The molecule has 0 radical (unpaired) electrons. The predicted molar refractivity (Wildman–Crippen MR) is 137 cm³/mol. The first-order valence-electron chi connectivity index (χ1n) is 11.5. The molecule has 1 N–H and O–H groups in total. The molecule has 8 nitrogen and oxygen atoms in total. The maximum atomic E-state index is 13.4. The van der Waals surface area contributed by atoms with Crippen molar-refractivity contribution in [3.8, 4) is 22.8 Å². The Morgan fingerprint density at radius 3 is 2.27 bits per heavy atom. The third kappa shape index (κ3) is 4.23. The number of ether oxygens (including phenoxy) is 2. The maximum Gasteiger partial charge on any atom is 0.300 e. The molecule has 1 unspecified atom stereocenters. The van der Waals surface area contributed by atoms with Gasteiger partial charge in [-0.25, -0.2) is 0 Å². The summed E-state index contributed by atoms with van der Waals surface area (Å²) in [7, 11) is 3.06. The topological polar surface area (TPSA) is 102 Å². The molecule has 0 spiro atoms. The first-order valence-corrected chi connectivity index (χ1v) is 11.5. The number of carbonyl (C=O) groups is 2. The Labute approximate surface area is 213 Å². The summed E-state index contributed by atoms with van der Waals surface area (Å²) in [6, 6.07) is 21.7. The quantitative estimate of drug-likeness (QED) is 0.220. The van der Waals surface area contributed by atoms with Crippen molar-refractivity contribution >= 4 is 23.1 Å². The van der Waals surface area contributed by atoms with Gasteiger partial charge in [-0.3, -0.25) is 14.5 Å². The molecule has 2 heterocycles. The molecule has 0 bridgehead atoms. The van der Waals surface area contributed by atoms with Crippen LogP contribution in [0.25, 0.3) is 17.1 Å². The van der Waals surface area contributed by atoms with Gasteiger partial charge < -0.3 is 19.1 Å². The van der Waals surface area contributed by atoms with Crippen molar-refractivity contribution in [1.29, 1.82) is 0 Å². The normalized spacial score (nSPS) is 16.7. The first kappa shape index (κ1) is 23.9. The van der Waals surface area contributed by atoms with Gasteiger partial charge in [-0.2, -0.15) is 0 Å². The third-order valence-corrected chi connectivity index (χ3v) is 6.30. The summed E-state index contributed by atoms with van der Waals surface area (Å²) >= 11 is 0. The lowest BCUT2D eigenvalue weighted by Crippen LogP contribution is -2.29. The van der Waals surface area contributed by atoms with Gasteiger partial charge in [-0.15, -0.1) is 0 Å². The standard InChI is InChI=1S/C29H24N2O6/c1-17-16-24(37-30-17)18-8-12-20(13-9-18)31-26(22-6-4-5-7-23(22)36-3)25(28(33)29(31)34)27(32)19-10-14-21(35-2)15-11-19/h4-16,26,32H,1-3H3/b27-25-. The number of carbonyl (C=O) groups excluding carboxylic acids is 2. The number of hydrogen-bond acceptors (Lipinski definition) is 7. The van der Waals surface area contributed by atoms with Crippen LogP contribution in [0.2, 0.25) is 0 Å². The van der Waals surface area contributed by atoms with Crippen molar-refractivity contribution in [2.24, 2.45) is 0 Å². The first-order chi connectivity index (χ1) is 17.9. The molecule has 186 valence electrons. The molecule has 1 atom stereocenters. The molecule has 0 saturated carbocycles. The lowest BCUT2D eigenvalue weighted by molar-refractivity contribution is -0.132. The second kappa shape index (κ2) is 9.66. The van der Waals surface area contributed by atoms with E-state index >= 15 is 0 Å². The van der Waals surface area contributed by atoms with Crippen LogP contribution in [0.1, 0.15) is 22.9 Å². The number of aromatic nitrogens is 1. The average Bonchev–Trinajstić information content (AvgIpc) is 3.49. The molecule has 1 aliphatic heterocycles. The van der Waals surface area contributed by atoms with E-state index in [1.807, 2.05) is 13.0 Å². The fraction of sp³-hybridized carbons (Fsp3) is 0.138. The van der Waals surface area contributed by atoms with Gasteiger partial charge in [0.1, 0.15) is 17.3 Å². The molecule has 1 aromatic heterocycles. The molecule has 1 aliphatic rings.